The molecule has 1 saturated heterocycles. The van der Waals surface area contributed by atoms with Gasteiger partial charge in [-0.3, -0.25) is 18.7 Å². The number of carbonyl (C=O) groups is 2. The largest absolute Gasteiger partial charge is 0.444 e. The summed E-state index contributed by atoms with van der Waals surface area (Å²) in [5.41, 5.74) is 1.53. The van der Waals surface area contributed by atoms with Crippen molar-refractivity contribution < 1.29 is 32.4 Å². The Morgan fingerprint density at radius 1 is 1.06 bits per heavy atom. The van der Waals surface area contributed by atoms with Gasteiger partial charge >= 0.3 is 6.09 Å². The van der Waals surface area contributed by atoms with Crippen LogP contribution in [0.25, 0.3) is 11.0 Å². The van der Waals surface area contributed by atoms with E-state index >= 15 is 0 Å². The molecule has 0 spiro atoms. The molecule has 15 nitrogen and oxygen atoms in total. The van der Waals surface area contributed by atoms with E-state index in [-0.39, 0.29) is 29.0 Å². The molecule has 4 heterocycles. The maximum absolute atomic E-state index is 13.4. The quantitative estimate of drug-likeness (QED) is 0.244. The number of pyridine rings is 2. The van der Waals surface area contributed by atoms with E-state index in [0.29, 0.717) is 54.5 Å². The summed E-state index contributed by atoms with van der Waals surface area (Å²) in [5.74, 6) is 0.0866. The first kappa shape index (κ1) is 35.7. The van der Waals surface area contributed by atoms with Crippen LogP contribution in [-0.4, -0.2) is 98.5 Å². The lowest BCUT2D eigenvalue weighted by atomic mass is 10.0. The van der Waals surface area contributed by atoms with Crippen molar-refractivity contribution in [2.75, 3.05) is 48.8 Å². The third-order valence-corrected chi connectivity index (χ3v) is 8.58. The standard InChI is InChI=1S/C29H37N7O4.C2H6O4S/c1-18-22-17-31-27(33-25(22)36(20-8-6-7-9-20)26(38)24(18)19(2)37)32-23-11-10-21(16-30-23)34-12-14-35(15-13-34)28(39)40-29(3,4)5;3-1-2-7(4,5)6/h10-11,16-17,20H,6-9,12-15H2,1-5H3,(H,30,31,32,33);3H,1-2H2,(H,4,5,6). The lowest BCUT2D eigenvalue weighted by Crippen LogP contribution is -2.50. The molecule has 16 heteroatoms. The normalized spacial score (nSPS) is 15.7. The molecule has 2 fully saturated rings. The molecule has 0 unspecified atom stereocenters. The number of carbonyl (C=O) groups excluding carboxylic acids is 2. The predicted molar refractivity (Wildman–Crippen MR) is 177 cm³/mol. The summed E-state index contributed by atoms with van der Waals surface area (Å²) >= 11 is 0. The molecule has 2 aliphatic rings. The van der Waals surface area contributed by atoms with E-state index in [2.05, 4.69) is 20.2 Å². The van der Waals surface area contributed by atoms with Gasteiger partial charge in [-0.2, -0.15) is 13.4 Å². The van der Waals surface area contributed by atoms with Crippen molar-refractivity contribution in [3.05, 3.63) is 46.0 Å². The minimum absolute atomic E-state index is 0.0182. The number of nitrogens with one attached hydrogen (secondary N) is 1. The molecule has 0 aromatic carbocycles. The third kappa shape index (κ3) is 9.23. The highest BCUT2D eigenvalue weighted by molar-refractivity contribution is 7.85. The van der Waals surface area contributed by atoms with E-state index in [0.717, 1.165) is 31.4 Å². The summed E-state index contributed by atoms with van der Waals surface area (Å²) in [7, 11) is -3.92. The highest BCUT2D eigenvalue weighted by Crippen LogP contribution is 2.32. The molecule has 47 heavy (non-hydrogen) atoms. The molecule has 1 aliphatic carbocycles. The number of Topliss-reactive ketones (excluding diaryl/α,β-unsaturated/α-hetero) is 1. The summed E-state index contributed by atoms with van der Waals surface area (Å²) in [6.07, 6.45) is 7.04. The number of aliphatic hydroxyl groups is 1. The molecule has 3 aromatic heterocycles. The first-order valence-corrected chi connectivity index (χ1v) is 17.1. The van der Waals surface area contributed by atoms with Crippen LogP contribution in [0, 0.1) is 6.92 Å². The number of aromatic nitrogens is 4. The number of rotatable bonds is 7. The molecule has 3 aromatic rings. The molecule has 1 saturated carbocycles. The van der Waals surface area contributed by atoms with Crippen molar-refractivity contribution in [2.45, 2.75) is 71.9 Å². The Kier molecular flexibility index (Phi) is 11.2. The molecule has 256 valence electrons. The van der Waals surface area contributed by atoms with Crippen LogP contribution in [-0.2, 0) is 14.9 Å². The molecular formula is C31H43N7O8S. The fourth-order valence-corrected chi connectivity index (χ4v) is 5.89. The first-order chi connectivity index (χ1) is 22.1. The molecule has 3 N–H and O–H groups in total. The lowest BCUT2D eigenvalue weighted by Gasteiger charge is -2.36. The van der Waals surface area contributed by atoms with Crippen molar-refractivity contribution in [3.8, 4) is 0 Å². The van der Waals surface area contributed by atoms with Crippen LogP contribution >= 0.6 is 0 Å². The van der Waals surface area contributed by atoms with Crippen LogP contribution < -0.4 is 15.8 Å². The average Bonchev–Trinajstić information content (AvgIpc) is 3.51. The van der Waals surface area contributed by atoms with E-state index in [1.54, 1.807) is 28.8 Å². The van der Waals surface area contributed by atoms with E-state index in [9.17, 15) is 22.8 Å². The molecule has 5 rings (SSSR count). The lowest BCUT2D eigenvalue weighted by molar-refractivity contribution is 0.0240. The molecule has 0 atom stereocenters. The molecule has 1 aliphatic heterocycles. The SMILES string of the molecule is CC(=O)c1c(C)c2cnc(Nc3ccc(N4CCN(C(=O)OC(C)(C)C)CC4)cn3)nc2n(C2CCCC2)c1=O.O=S(=O)(O)CCO. The fourth-order valence-electron chi connectivity index (χ4n) is 5.66. The Hall–Kier alpha value is -4.15. The Bertz CT molecular complexity index is 1760. The fraction of sp³-hybridized carbons (Fsp3) is 0.548. The Morgan fingerprint density at radius 3 is 2.23 bits per heavy atom. The number of aryl methyl sites for hydroxylation is 1. The summed E-state index contributed by atoms with van der Waals surface area (Å²) in [6, 6.07) is 3.85. The van der Waals surface area contributed by atoms with E-state index in [4.69, 9.17) is 19.4 Å². The topological polar surface area (TPSA) is 197 Å². The van der Waals surface area contributed by atoms with Gasteiger partial charge in [-0.15, -0.1) is 0 Å². The van der Waals surface area contributed by atoms with Gasteiger partial charge in [0.25, 0.3) is 15.7 Å². The number of anilines is 3. The van der Waals surface area contributed by atoms with Crippen LogP contribution in [0.4, 0.5) is 22.2 Å². The zero-order chi connectivity index (χ0) is 34.5. The number of ketones is 1. The number of hydrogen-bond acceptors (Lipinski definition) is 12. The number of fused-ring (bicyclic) bond motifs is 1. The van der Waals surface area contributed by atoms with E-state index in [1.807, 2.05) is 32.9 Å². The van der Waals surface area contributed by atoms with Gasteiger partial charge in [0, 0.05) is 43.8 Å². The molecule has 0 radical (unpaired) electrons. The van der Waals surface area contributed by atoms with Gasteiger partial charge in [0.1, 0.15) is 17.1 Å². The van der Waals surface area contributed by atoms with Gasteiger partial charge in [0.15, 0.2) is 5.78 Å². The van der Waals surface area contributed by atoms with E-state index in [1.165, 1.54) is 6.92 Å². The van der Waals surface area contributed by atoms with E-state index < -0.39 is 28.1 Å². The van der Waals surface area contributed by atoms with Crippen LogP contribution in [0.5, 0.6) is 0 Å². The molecular weight excluding hydrogens is 630 g/mol. The Morgan fingerprint density at radius 2 is 1.72 bits per heavy atom. The second kappa shape index (κ2) is 14.7. The van der Waals surface area contributed by atoms with Crippen LogP contribution in [0.1, 0.15) is 75.3 Å². The van der Waals surface area contributed by atoms with Crippen molar-refractivity contribution >= 4 is 50.5 Å². The van der Waals surface area contributed by atoms with Crippen molar-refractivity contribution in [3.63, 3.8) is 0 Å². The maximum atomic E-state index is 13.4. The van der Waals surface area contributed by atoms with Crippen molar-refractivity contribution in [1.29, 1.82) is 0 Å². The number of aliphatic hydroxyl groups excluding tert-OH is 1. The number of amides is 1. The second-order valence-electron chi connectivity index (χ2n) is 12.6. The summed E-state index contributed by atoms with van der Waals surface area (Å²) < 4.78 is 34.3. The average molecular weight is 674 g/mol. The summed E-state index contributed by atoms with van der Waals surface area (Å²) in [4.78, 5) is 55.8. The van der Waals surface area contributed by atoms with Crippen LogP contribution in [0.3, 0.4) is 0 Å². The monoisotopic (exact) mass is 673 g/mol. The number of ether oxygens (including phenoxy) is 1. The Labute approximate surface area is 273 Å². The Balaban J connectivity index is 0.000000644. The van der Waals surface area contributed by atoms with Gasteiger partial charge in [-0.1, -0.05) is 12.8 Å². The minimum Gasteiger partial charge on any atom is -0.444 e. The smallest absolute Gasteiger partial charge is 0.410 e. The zero-order valence-electron chi connectivity index (χ0n) is 27.4. The maximum Gasteiger partial charge on any atom is 0.410 e. The van der Waals surface area contributed by atoms with Gasteiger partial charge < -0.3 is 25.0 Å². The zero-order valence-corrected chi connectivity index (χ0v) is 28.2. The number of hydrogen-bond donors (Lipinski definition) is 3. The third-order valence-electron chi connectivity index (χ3n) is 7.88. The highest BCUT2D eigenvalue weighted by Gasteiger charge is 2.27. The summed E-state index contributed by atoms with van der Waals surface area (Å²) in [5, 5.41) is 11.7. The van der Waals surface area contributed by atoms with Gasteiger partial charge in [0.05, 0.1) is 29.8 Å². The highest BCUT2D eigenvalue weighted by atomic mass is 32.2. The van der Waals surface area contributed by atoms with Crippen molar-refractivity contribution in [1.82, 2.24) is 24.4 Å². The second-order valence-corrected chi connectivity index (χ2v) is 14.2. The van der Waals surface area contributed by atoms with Gasteiger partial charge in [-0.05, 0) is 65.2 Å². The molecule has 1 amide bonds. The number of piperazine rings is 1. The van der Waals surface area contributed by atoms with Gasteiger partial charge in [0.2, 0.25) is 5.95 Å². The number of nitrogens with zero attached hydrogens (tertiary/aromatic N) is 6. The minimum atomic E-state index is -3.92. The van der Waals surface area contributed by atoms with Crippen LogP contribution in [0.2, 0.25) is 0 Å². The van der Waals surface area contributed by atoms with Crippen LogP contribution in [0.15, 0.2) is 29.3 Å². The molecule has 0 bridgehead atoms. The van der Waals surface area contributed by atoms with Crippen molar-refractivity contribution in [2.24, 2.45) is 0 Å². The summed E-state index contributed by atoms with van der Waals surface area (Å²) in [6.45, 7) is 10.8. The first-order valence-electron chi connectivity index (χ1n) is 15.5. The van der Waals surface area contributed by atoms with Gasteiger partial charge in [-0.25, -0.2) is 14.8 Å². The predicted octanol–water partition coefficient (Wildman–Crippen LogP) is 3.48.